The molecule has 0 bridgehead atoms. The molecule has 1 aliphatic heterocycles. The van der Waals surface area contributed by atoms with Gasteiger partial charge in [-0.25, -0.2) is 0 Å². The van der Waals surface area contributed by atoms with Gasteiger partial charge in [0.15, 0.2) is 5.96 Å². The lowest BCUT2D eigenvalue weighted by atomic mass is 9.99. The smallest absolute Gasteiger partial charge is 0.191 e. The number of hydrogen-bond acceptors (Lipinski definition) is 4. The highest BCUT2D eigenvalue weighted by Crippen LogP contribution is 2.34. The van der Waals surface area contributed by atoms with Gasteiger partial charge in [-0.1, -0.05) is 51.1 Å². The first-order chi connectivity index (χ1) is 13.7. The van der Waals surface area contributed by atoms with Gasteiger partial charge in [-0.15, -0.1) is 0 Å². The molecule has 0 aliphatic carbocycles. The van der Waals surface area contributed by atoms with E-state index in [1.807, 2.05) is 7.05 Å². The zero-order valence-corrected chi connectivity index (χ0v) is 18.9. The Hall–Kier alpha value is -1.24. The summed E-state index contributed by atoms with van der Waals surface area (Å²) in [7, 11) is 1.86. The van der Waals surface area contributed by atoms with Gasteiger partial charge in [0.05, 0.1) is 6.04 Å². The van der Waals surface area contributed by atoms with Gasteiger partial charge < -0.3 is 15.4 Å². The van der Waals surface area contributed by atoms with Crippen molar-refractivity contribution in [3.8, 4) is 0 Å². The lowest BCUT2D eigenvalue weighted by Crippen LogP contribution is -2.49. The molecule has 1 aromatic carbocycles. The van der Waals surface area contributed by atoms with Gasteiger partial charge in [0.25, 0.3) is 0 Å². The summed E-state index contributed by atoms with van der Waals surface area (Å²) in [6.07, 6.45) is 2.20. The molecular weight excluding hydrogens is 368 g/mol. The van der Waals surface area contributed by atoms with Gasteiger partial charge in [0.1, 0.15) is 0 Å². The SMILES string of the molecule is CCSC1(CNC(=NC)NCC(c2ccccc2)N(CC)CC)CCOCC1. The fraction of sp³-hybridized carbons (Fsp3) is 0.682. The summed E-state index contributed by atoms with van der Waals surface area (Å²) in [6, 6.07) is 11.1. The van der Waals surface area contributed by atoms with Crippen molar-refractivity contribution in [2.24, 2.45) is 4.99 Å². The Morgan fingerprint density at radius 1 is 1.14 bits per heavy atom. The normalized spacial score (nSPS) is 18.1. The first-order valence-electron chi connectivity index (χ1n) is 10.6. The van der Waals surface area contributed by atoms with Crippen molar-refractivity contribution in [2.45, 2.75) is 44.4 Å². The fourth-order valence-electron chi connectivity index (χ4n) is 3.88. The van der Waals surface area contributed by atoms with E-state index in [2.05, 4.69) is 83.4 Å². The summed E-state index contributed by atoms with van der Waals surface area (Å²) in [5.41, 5.74) is 1.34. The van der Waals surface area contributed by atoms with E-state index in [0.29, 0.717) is 6.04 Å². The molecule has 158 valence electrons. The van der Waals surface area contributed by atoms with E-state index in [-0.39, 0.29) is 4.75 Å². The zero-order chi connectivity index (χ0) is 20.2. The van der Waals surface area contributed by atoms with Crippen LogP contribution in [0.3, 0.4) is 0 Å². The molecule has 1 atom stereocenters. The first kappa shape index (κ1) is 23.0. The molecule has 1 fully saturated rings. The summed E-state index contributed by atoms with van der Waals surface area (Å²) < 4.78 is 5.84. The van der Waals surface area contributed by atoms with E-state index in [1.54, 1.807) is 0 Å². The number of aliphatic imine (C=N–C) groups is 1. The summed E-state index contributed by atoms with van der Waals surface area (Å²) >= 11 is 2.05. The molecule has 0 radical (unpaired) electrons. The van der Waals surface area contributed by atoms with E-state index in [4.69, 9.17) is 4.74 Å². The Kier molecular flexibility index (Phi) is 10.2. The number of likely N-dealkylation sites (N-methyl/N-ethyl adjacent to an activating group) is 1. The van der Waals surface area contributed by atoms with Crippen LogP contribution in [0.15, 0.2) is 35.3 Å². The molecule has 1 heterocycles. The molecule has 0 aromatic heterocycles. The lowest BCUT2D eigenvalue weighted by molar-refractivity contribution is 0.0782. The van der Waals surface area contributed by atoms with E-state index in [9.17, 15) is 0 Å². The van der Waals surface area contributed by atoms with Crippen molar-refractivity contribution in [3.63, 3.8) is 0 Å². The van der Waals surface area contributed by atoms with Crippen molar-refractivity contribution >= 4 is 17.7 Å². The van der Waals surface area contributed by atoms with Crippen molar-refractivity contribution in [1.82, 2.24) is 15.5 Å². The lowest BCUT2D eigenvalue weighted by Gasteiger charge is -2.37. The van der Waals surface area contributed by atoms with E-state index in [1.165, 1.54) is 5.56 Å². The van der Waals surface area contributed by atoms with Gasteiger partial charge in [0, 0.05) is 38.1 Å². The molecule has 1 aromatic rings. The molecule has 28 heavy (non-hydrogen) atoms. The Balaban J connectivity index is 1.98. The summed E-state index contributed by atoms with van der Waals surface area (Å²) in [4.78, 5) is 6.96. The van der Waals surface area contributed by atoms with Gasteiger partial charge in [-0.05, 0) is 37.2 Å². The van der Waals surface area contributed by atoms with Crippen LogP contribution in [0.4, 0.5) is 0 Å². The van der Waals surface area contributed by atoms with E-state index >= 15 is 0 Å². The molecule has 0 saturated carbocycles. The molecule has 5 nitrogen and oxygen atoms in total. The highest BCUT2D eigenvalue weighted by atomic mass is 32.2. The van der Waals surface area contributed by atoms with Crippen LogP contribution in [0, 0.1) is 0 Å². The zero-order valence-electron chi connectivity index (χ0n) is 18.0. The van der Waals surface area contributed by atoms with Crippen LogP contribution >= 0.6 is 11.8 Å². The van der Waals surface area contributed by atoms with Crippen LogP contribution in [-0.4, -0.2) is 67.8 Å². The highest BCUT2D eigenvalue weighted by molar-refractivity contribution is 8.00. The average molecular weight is 407 g/mol. The summed E-state index contributed by atoms with van der Waals surface area (Å²) in [5.74, 6) is 2.02. The summed E-state index contributed by atoms with van der Waals surface area (Å²) in [5, 5.41) is 7.16. The van der Waals surface area contributed by atoms with Crippen molar-refractivity contribution in [3.05, 3.63) is 35.9 Å². The van der Waals surface area contributed by atoms with Crippen molar-refractivity contribution in [2.75, 3.05) is 52.2 Å². The van der Waals surface area contributed by atoms with Crippen molar-refractivity contribution < 1.29 is 4.74 Å². The Labute approximate surface area is 175 Å². The van der Waals surface area contributed by atoms with Gasteiger partial charge in [-0.2, -0.15) is 11.8 Å². The number of guanidine groups is 1. The number of nitrogens with zero attached hydrogens (tertiary/aromatic N) is 2. The van der Waals surface area contributed by atoms with Gasteiger partial charge in [0.2, 0.25) is 0 Å². The monoisotopic (exact) mass is 406 g/mol. The molecule has 2 rings (SSSR count). The predicted molar refractivity (Wildman–Crippen MR) is 122 cm³/mol. The standard InChI is InChI=1S/C22H38N4OS/c1-5-26(6-2)20(19-11-9-8-10-12-19)17-24-21(23-4)25-18-22(28-7-3)13-15-27-16-14-22/h8-12,20H,5-7,13-18H2,1-4H3,(H2,23,24,25). The molecule has 0 amide bonds. The third-order valence-corrected chi connectivity index (χ3v) is 7.01. The molecule has 1 saturated heterocycles. The highest BCUT2D eigenvalue weighted by Gasteiger charge is 2.32. The third kappa shape index (κ3) is 6.68. The van der Waals surface area contributed by atoms with Crippen LogP contribution in [0.5, 0.6) is 0 Å². The number of hydrogen-bond donors (Lipinski definition) is 2. The number of thioether (sulfide) groups is 1. The molecule has 1 unspecified atom stereocenters. The number of ether oxygens (including phenoxy) is 1. The first-order valence-corrected chi connectivity index (χ1v) is 11.6. The predicted octanol–water partition coefficient (Wildman–Crippen LogP) is 3.54. The minimum Gasteiger partial charge on any atom is -0.381 e. The number of nitrogens with one attached hydrogen (secondary N) is 2. The molecule has 6 heteroatoms. The molecule has 1 aliphatic rings. The maximum Gasteiger partial charge on any atom is 0.191 e. The Bertz CT molecular complexity index is 566. The van der Waals surface area contributed by atoms with Gasteiger partial charge >= 0.3 is 0 Å². The second-order valence-electron chi connectivity index (χ2n) is 7.18. The summed E-state index contributed by atoms with van der Waals surface area (Å²) in [6.45, 7) is 12.2. The molecule has 2 N–H and O–H groups in total. The van der Waals surface area contributed by atoms with Gasteiger partial charge in [-0.3, -0.25) is 9.89 Å². The second kappa shape index (κ2) is 12.3. The minimum atomic E-state index is 0.252. The van der Waals surface area contributed by atoms with Crippen LogP contribution in [0.2, 0.25) is 0 Å². The maximum atomic E-state index is 5.59. The molecule has 0 spiro atoms. The number of benzene rings is 1. The maximum absolute atomic E-state index is 5.59. The van der Waals surface area contributed by atoms with Crippen molar-refractivity contribution in [1.29, 1.82) is 0 Å². The quantitative estimate of drug-likeness (QED) is 0.460. The second-order valence-corrected chi connectivity index (χ2v) is 8.91. The van der Waals surface area contributed by atoms with Crippen LogP contribution in [-0.2, 0) is 4.74 Å². The average Bonchev–Trinajstić information content (AvgIpc) is 2.74. The minimum absolute atomic E-state index is 0.252. The van der Waals surface area contributed by atoms with Crippen LogP contribution in [0.1, 0.15) is 45.2 Å². The topological polar surface area (TPSA) is 48.9 Å². The Morgan fingerprint density at radius 3 is 2.39 bits per heavy atom. The van der Waals surface area contributed by atoms with E-state index in [0.717, 1.165) is 63.9 Å². The third-order valence-electron chi connectivity index (χ3n) is 5.56. The molecular formula is C22H38N4OS. The van der Waals surface area contributed by atoms with Crippen LogP contribution < -0.4 is 10.6 Å². The van der Waals surface area contributed by atoms with E-state index < -0.39 is 0 Å². The largest absolute Gasteiger partial charge is 0.381 e. The van der Waals surface area contributed by atoms with Crippen LogP contribution in [0.25, 0.3) is 0 Å². The Morgan fingerprint density at radius 2 is 1.82 bits per heavy atom. The number of rotatable bonds is 10. The fourth-order valence-corrected chi connectivity index (χ4v) is 5.12.